The van der Waals surface area contributed by atoms with E-state index >= 15 is 0 Å². The van der Waals surface area contributed by atoms with Gasteiger partial charge in [-0.1, -0.05) is 6.42 Å². The molecule has 3 atom stereocenters. The van der Waals surface area contributed by atoms with E-state index in [9.17, 15) is 0 Å². The van der Waals surface area contributed by atoms with Gasteiger partial charge in [0.15, 0.2) is 0 Å². The molecule has 2 heterocycles. The second-order valence-electron chi connectivity index (χ2n) is 6.91. The number of rotatable bonds is 3. The molecule has 0 amide bonds. The summed E-state index contributed by atoms with van der Waals surface area (Å²) in [5.41, 5.74) is 1.40. The molecule has 3 heteroatoms. The first-order valence-electron chi connectivity index (χ1n) is 8.24. The molecule has 20 heavy (non-hydrogen) atoms. The number of nitrogens with zero attached hydrogens (tertiary/aromatic N) is 3. The minimum atomic E-state index is 0.928. The van der Waals surface area contributed by atoms with Crippen LogP contribution < -0.4 is 0 Å². The summed E-state index contributed by atoms with van der Waals surface area (Å²) in [6.45, 7) is 6.11. The fourth-order valence-corrected chi connectivity index (χ4v) is 4.66. The average Bonchev–Trinajstić information content (AvgIpc) is 3.12. The summed E-state index contributed by atoms with van der Waals surface area (Å²) < 4.78 is 0. The SMILES string of the molecule is c1cc(CN2CCN(C3CC4CCC3C4)CC2)ccn1. The van der Waals surface area contributed by atoms with Crippen LogP contribution in [0.15, 0.2) is 24.5 Å². The number of pyridine rings is 1. The van der Waals surface area contributed by atoms with Crippen molar-refractivity contribution in [3.05, 3.63) is 30.1 Å². The first-order chi connectivity index (χ1) is 9.88. The summed E-state index contributed by atoms with van der Waals surface area (Å²) in [5, 5.41) is 0. The maximum Gasteiger partial charge on any atom is 0.0271 e. The van der Waals surface area contributed by atoms with Gasteiger partial charge in [-0.15, -0.1) is 0 Å². The molecule has 1 aromatic rings. The highest BCUT2D eigenvalue weighted by Gasteiger charge is 2.42. The van der Waals surface area contributed by atoms with Gasteiger partial charge in [0.1, 0.15) is 0 Å². The number of piperazine rings is 1. The predicted molar refractivity (Wildman–Crippen MR) is 80.3 cm³/mol. The molecule has 1 aromatic heterocycles. The van der Waals surface area contributed by atoms with E-state index in [0.29, 0.717) is 0 Å². The third kappa shape index (κ3) is 2.49. The second kappa shape index (κ2) is 5.45. The van der Waals surface area contributed by atoms with Gasteiger partial charge < -0.3 is 0 Å². The monoisotopic (exact) mass is 271 g/mol. The van der Waals surface area contributed by atoms with E-state index in [1.54, 1.807) is 0 Å². The molecule has 0 N–H and O–H groups in total. The summed E-state index contributed by atoms with van der Waals surface area (Å²) in [5.74, 6) is 2.10. The van der Waals surface area contributed by atoms with Crippen LogP contribution in [0.5, 0.6) is 0 Å². The largest absolute Gasteiger partial charge is 0.298 e. The van der Waals surface area contributed by atoms with Gasteiger partial charge in [0.25, 0.3) is 0 Å². The molecule has 1 aliphatic heterocycles. The maximum atomic E-state index is 4.10. The predicted octanol–water partition coefficient (Wildman–Crippen LogP) is 2.39. The van der Waals surface area contributed by atoms with Crippen molar-refractivity contribution < 1.29 is 0 Å². The van der Waals surface area contributed by atoms with Gasteiger partial charge in [-0.05, 0) is 48.8 Å². The average molecular weight is 271 g/mol. The highest BCUT2D eigenvalue weighted by Crippen LogP contribution is 2.46. The Morgan fingerprint density at radius 1 is 1.00 bits per heavy atom. The number of hydrogen-bond donors (Lipinski definition) is 0. The number of hydrogen-bond acceptors (Lipinski definition) is 3. The Bertz CT molecular complexity index is 439. The van der Waals surface area contributed by atoms with Crippen LogP contribution in [0.3, 0.4) is 0 Å². The Morgan fingerprint density at radius 2 is 1.80 bits per heavy atom. The molecular formula is C17H25N3. The molecule has 3 unspecified atom stereocenters. The van der Waals surface area contributed by atoms with Crippen LogP contribution in [-0.2, 0) is 6.54 Å². The fraction of sp³-hybridized carbons (Fsp3) is 0.706. The Hall–Kier alpha value is -0.930. The van der Waals surface area contributed by atoms with Crippen molar-refractivity contribution >= 4 is 0 Å². The zero-order chi connectivity index (χ0) is 13.4. The molecule has 4 rings (SSSR count). The van der Waals surface area contributed by atoms with Gasteiger partial charge >= 0.3 is 0 Å². The maximum absolute atomic E-state index is 4.10. The Morgan fingerprint density at radius 3 is 2.45 bits per heavy atom. The van der Waals surface area contributed by atoms with Gasteiger partial charge in [0.2, 0.25) is 0 Å². The lowest BCUT2D eigenvalue weighted by Gasteiger charge is -2.41. The highest BCUT2D eigenvalue weighted by atomic mass is 15.3. The summed E-state index contributed by atoms with van der Waals surface area (Å²) in [6.07, 6.45) is 9.86. The van der Waals surface area contributed by atoms with Gasteiger partial charge in [0, 0.05) is 51.2 Å². The molecular weight excluding hydrogens is 246 g/mol. The van der Waals surface area contributed by atoms with Crippen LogP contribution in [0.25, 0.3) is 0 Å². The van der Waals surface area contributed by atoms with E-state index in [-0.39, 0.29) is 0 Å². The highest BCUT2D eigenvalue weighted by molar-refractivity contribution is 5.09. The van der Waals surface area contributed by atoms with Crippen molar-refractivity contribution in [2.75, 3.05) is 26.2 Å². The Balaban J connectivity index is 1.30. The van der Waals surface area contributed by atoms with Crippen LogP contribution in [0.4, 0.5) is 0 Å². The first kappa shape index (κ1) is 12.8. The van der Waals surface area contributed by atoms with Crippen LogP contribution in [0, 0.1) is 11.8 Å². The van der Waals surface area contributed by atoms with E-state index in [4.69, 9.17) is 0 Å². The lowest BCUT2D eigenvalue weighted by Crippen LogP contribution is -2.51. The molecule has 0 radical (unpaired) electrons. The van der Waals surface area contributed by atoms with E-state index in [1.807, 2.05) is 12.4 Å². The lowest BCUT2D eigenvalue weighted by molar-refractivity contribution is 0.0679. The van der Waals surface area contributed by atoms with Crippen LogP contribution in [-0.4, -0.2) is 47.0 Å². The topological polar surface area (TPSA) is 19.4 Å². The molecule has 3 fully saturated rings. The van der Waals surface area contributed by atoms with E-state index < -0.39 is 0 Å². The van der Waals surface area contributed by atoms with Crippen molar-refractivity contribution in [1.82, 2.24) is 14.8 Å². The molecule has 3 nitrogen and oxygen atoms in total. The molecule has 0 aromatic carbocycles. The van der Waals surface area contributed by atoms with E-state index in [2.05, 4.69) is 26.9 Å². The van der Waals surface area contributed by atoms with Crippen LogP contribution in [0.2, 0.25) is 0 Å². The van der Waals surface area contributed by atoms with Crippen molar-refractivity contribution in [3.63, 3.8) is 0 Å². The van der Waals surface area contributed by atoms with Gasteiger partial charge in [-0.3, -0.25) is 14.8 Å². The van der Waals surface area contributed by atoms with Crippen molar-refractivity contribution in [1.29, 1.82) is 0 Å². The standard InChI is InChI=1S/C17H25N3/c1-2-16-11-15(1)12-17(16)20-9-7-19(8-10-20)13-14-3-5-18-6-4-14/h3-6,15-17H,1-2,7-13H2. The summed E-state index contributed by atoms with van der Waals surface area (Å²) in [6, 6.07) is 5.21. The fourth-order valence-electron chi connectivity index (χ4n) is 4.66. The smallest absolute Gasteiger partial charge is 0.0271 e. The Labute approximate surface area is 122 Å². The van der Waals surface area contributed by atoms with Crippen LogP contribution in [0.1, 0.15) is 31.2 Å². The molecule has 108 valence electrons. The van der Waals surface area contributed by atoms with E-state index in [0.717, 1.165) is 24.4 Å². The first-order valence-corrected chi connectivity index (χ1v) is 8.24. The van der Waals surface area contributed by atoms with Gasteiger partial charge in [0.05, 0.1) is 0 Å². The quantitative estimate of drug-likeness (QED) is 0.841. The minimum absolute atomic E-state index is 0.928. The second-order valence-corrected chi connectivity index (χ2v) is 6.91. The minimum Gasteiger partial charge on any atom is -0.298 e. The number of aromatic nitrogens is 1. The molecule has 2 saturated carbocycles. The zero-order valence-electron chi connectivity index (χ0n) is 12.2. The van der Waals surface area contributed by atoms with Crippen molar-refractivity contribution in [2.45, 2.75) is 38.3 Å². The third-order valence-corrected chi connectivity index (χ3v) is 5.73. The summed E-state index contributed by atoms with van der Waals surface area (Å²) in [4.78, 5) is 9.49. The zero-order valence-corrected chi connectivity index (χ0v) is 12.2. The summed E-state index contributed by atoms with van der Waals surface area (Å²) >= 11 is 0. The third-order valence-electron chi connectivity index (χ3n) is 5.73. The van der Waals surface area contributed by atoms with Gasteiger partial charge in [-0.25, -0.2) is 0 Å². The molecule has 2 bridgehead atoms. The number of fused-ring (bicyclic) bond motifs is 2. The van der Waals surface area contributed by atoms with Crippen LogP contribution >= 0.6 is 0 Å². The molecule has 2 aliphatic carbocycles. The molecule has 1 saturated heterocycles. The van der Waals surface area contributed by atoms with Crippen molar-refractivity contribution in [3.8, 4) is 0 Å². The van der Waals surface area contributed by atoms with Crippen molar-refractivity contribution in [2.24, 2.45) is 11.8 Å². The molecule has 3 aliphatic rings. The Kier molecular flexibility index (Phi) is 3.49. The van der Waals surface area contributed by atoms with Gasteiger partial charge in [-0.2, -0.15) is 0 Å². The molecule has 0 spiro atoms. The lowest BCUT2D eigenvalue weighted by atomic mass is 9.93. The van der Waals surface area contributed by atoms with E-state index in [1.165, 1.54) is 57.4 Å². The summed E-state index contributed by atoms with van der Waals surface area (Å²) in [7, 11) is 0. The normalized spacial score (nSPS) is 34.7.